The molecule has 1 saturated heterocycles. The first-order valence-electron chi connectivity index (χ1n) is 6.71. The number of hydrogen-bond acceptors (Lipinski definition) is 4. The third-order valence-corrected chi connectivity index (χ3v) is 3.85. The Bertz CT molecular complexity index is 467. The molecule has 0 amide bonds. The molecule has 0 N–H and O–H groups in total. The van der Waals surface area contributed by atoms with Crippen molar-refractivity contribution in [1.29, 1.82) is 0 Å². The van der Waals surface area contributed by atoms with Gasteiger partial charge in [-0.15, -0.1) is 0 Å². The topological polar surface area (TPSA) is 34.6 Å². The van der Waals surface area contributed by atoms with Crippen LogP contribution in [0.3, 0.4) is 0 Å². The first-order valence-corrected chi connectivity index (χ1v) is 6.71. The van der Waals surface area contributed by atoms with Crippen molar-refractivity contribution in [2.45, 2.75) is 25.5 Å². The zero-order chi connectivity index (χ0) is 13.5. The summed E-state index contributed by atoms with van der Waals surface area (Å²) in [5.74, 6) is 0.864. The summed E-state index contributed by atoms with van der Waals surface area (Å²) in [6, 6.07) is 3.73. The number of ether oxygens (including phenoxy) is 2. The lowest BCUT2D eigenvalue weighted by molar-refractivity contribution is -0.191. The molecule has 5 heteroatoms. The van der Waals surface area contributed by atoms with E-state index in [0.29, 0.717) is 17.1 Å². The molecule has 100 valence electrons. The molecule has 1 aromatic rings. The van der Waals surface area contributed by atoms with Crippen LogP contribution in [0, 0.1) is 5.41 Å². The second kappa shape index (κ2) is 4.80. The maximum absolute atomic E-state index is 6.07. The van der Waals surface area contributed by atoms with E-state index >= 15 is 0 Å². The fourth-order valence-electron chi connectivity index (χ4n) is 2.82. The summed E-state index contributed by atoms with van der Waals surface area (Å²) in [7, 11) is 9.78. The van der Waals surface area contributed by atoms with Crippen molar-refractivity contribution in [2.24, 2.45) is 5.41 Å². The molecule has 2 fully saturated rings. The minimum atomic E-state index is 0.301. The molecule has 1 saturated carbocycles. The number of pyridine rings is 1. The van der Waals surface area contributed by atoms with E-state index in [1.165, 1.54) is 0 Å². The molecule has 1 aliphatic carbocycles. The number of aromatic nitrogens is 1. The largest absolute Gasteiger partial charge is 0.488 e. The summed E-state index contributed by atoms with van der Waals surface area (Å²) in [5.41, 5.74) is 1.88. The van der Waals surface area contributed by atoms with Gasteiger partial charge in [-0.25, -0.2) is 0 Å². The third kappa shape index (κ3) is 2.62. The van der Waals surface area contributed by atoms with E-state index < -0.39 is 0 Å². The van der Waals surface area contributed by atoms with Crippen LogP contribution in [0.15, 0.2) is 12.1 Å². The highest BCUT2D eigenvalue weighted by atomic mass is 16.5. The Balaban J connectivity index is 1.66. The van der Waals surface area contributed by atoms with Gasteiger partial charge in [0, 0.05) is 12.0 Å². The molecular weight excluding hydrogens is 239 g/mol. The average molecular weight is 258 g/mol. The van der Waals surface area contributed by atoms with Crippen LogP contribution >= 0.6 is 0 Å². The summed E-state index contributed by atoms with van der Waals surface area (Å²) in [6.45, 7) is 2.54. The molecule has 0 atom stereocenters. The van der Waals surface area contributed by atoms with Crippen LogP contribution in [0.25, 0.3) is 0 Å². The van der Waals surface area contributed by atoms with Gasteiger partial charge in [0.15, 0.2) is 0 Å². The van der Waals surface area contributed by atoms with Crippen molar-refractivity contribution in [3.8, 4) is 5.75 Å². The average Bonchev–Trinajstić information content (AvgIpc) is 2.21. The SMILES string of the molecule is [B]c1ccc(OC2CC3(COC3)C2)c(CN(C)C)n1. The van der Waals surface area contributed by atoms with Gasteiger partial charge in [-0.05, 0) is 44.7 Å². The number of nitrogens with zero attached hydrogens (tertiary/aromatic N) is 2. The predicted octanol–water partition coefficient (Wildman–Crippen LogP) is 0.495. The highest BCUT2D eigenvalue weighted by Crippen LogP contribution is 2.48. The van der Waals surface area contributed by atoms with Crippen molar-refractivity contribution in [3.05, 3.63) is 17.8 Å². The molecule has 0 aromatic carbocycles. The molecule has 3 rings (SSSR count). The molecule has 19 heavy (non-hydrogen) atoms. The highest BCUT2D eigenvalue weighted by Gasteiger charge is 2.51. The smallest absolute Gasteiger partial charge is 0.142 e. The van der Waals surface area contributed by atoms with Gasteiger partial charge < -0.3 is 14.4 Å². The van der Waals surface area contributed by atoms with Crippen LogP contribution in [0.5, 0.6) is 5.75 Å². The monoisotopic (exact) mass is 258 g/mol. The van der Waals surface area contributed by atoms with Gasteiger partial charge in [0.1, 0.15) is 19.7 Å². The summed E-state index contributed by atoms with van der Waals surface area (Å²) in [4.78, 5) is 6.45. The Morgan fingerprint density at radius 3 is 2.74 bits per heavy atom. The first kappa shape index (κ1) is 12.9. The van der Waals surface area contributed by atoms with Crippen LogP contribution in [0.2, 0.25) is 0 Å². The molecule has 0 bridgehead atoms. The molecule has 1 aliphatic heterocycles. The maximum atomic E-state index is 6.07. The second-order valence-corrected chi connectivity index (χ2v) is 6.06. The van der Waals surface area contributed by atoms with Gasteiger partial charge in [-0.1, -0.05) is 0 Å². The Kier molecular flexibility index (Phi) is 3.27. The summed E-state index contributed by atoms with van der Waals surface area (Å²) in [5, 5.41) is 0. The van der Waals surface area contributed by atoms with E-state index in [1.807, 2.05) is 20.2 Å². The molecule has 2 radical (unpaired) electrons. The molecule has 1 spiro atoms. The van der Waals surface area contributed by atoms with Crippen molar-refractivity contribution < 1.29 is 9.47 Å². The van der Waals surface area contributed by atoms with Gasteiger partial charge in [0.2, 0.25) is 0 Å². The van der Waals surface area contributed by atoms with E-state index in [1.54, 1.807) is 6.07 Å². The van der Waals surface area contributed by atoms with Crippen LogP contribution < -0.4 is 10.3 Å². The predicted molar refractivity (Wildman–Crippen MR) is 73.9 cm³/mol. The Morgan fingerprint density at radius 2 is 2.16 bits per heavy atom. The van der Waals surface area contributed by atoms with Crippen LogP contribution in [-0.2, 0) is 11.3 Å². The zero-order valence-electron chi connectivity index (χ0n) is 11.6. The Labute approximate surface area is 115 Å². The lowest BCUT2D eigenvalue weighted by Gasteiger charge is -2.52. The quantitative estimate of drug-likeness (QED) is 0.736. The number of hydrogen-bond donors (Lipinski definition) is 0. The van der Waals surface area contributed by atoms with Crippen molar-refractivity contribution >= 4 is 13.4 Å². The lowest BCUT2D eigenvalue weighted by Crippen LogP contribution is -2.56. The van der Waals surface area contributed by atoms with Crippen LogP contribution in [0.1, 0.15) is 18.5 Å². The minimum Gasteiger partial charge on any atom is -0.488 e. The van der Waals surface area contributed by atoms with Gasteiger partial charge in [-0.2, -0.15) is 0 Å². The van der Waals surface area contributed by atoms with Gasteiger partial charge in [0.25, 0.3) is 0 Å². The maximum Gasteiger partial charge on any atom is 0.142 e. The molecule has 0 unspecified atom stereocenters. The summed E-state index contributed by atoms with van der Waals surface area (Å²) in [6.07, 6.45) is 2.49. The van der Waals surface area contributed by atoms with Gasteiger partial charge in [0.05, 0.1) is 18.9 Å². The van der Waals surface area contributed by atoms with E-state index in [-0.39, 0.29) is 0 Å². The standard InChI is InChI=1S/C14H19BN2O2/c1-17(2)7-11-12(3-4-13(15)16-11)19-10-5-14(6-10)8-18-9-14/h3-4,10H,5-9H2,1-2H3. The van der Waals surface area contributed by atoms with Crippen molar-refractivity contribution in [2.75, 3.05) is 27.3 Å². The van der Waals surface area contributed by atoms with Crippen LogP contribution in [-0.4, -0.2) is 51.1 Å². The van der Waals surface area contributed by atoms with Gasteiger partial charge in [-0.3, -0.25) is 4.98 Å². The fraction of sp³-hybridized carbons (Fsp3) is 0.643. The first-order chi connectivity index (χ1) is 9.06. The highest BCUT2D eigenvalue weighted by molar-refractivity contribution is 6.30. The van der Waals surface area contributed by atoms with Gasteiger partial charge >= 0.3 is 0 Å². The third-order valence-electron chi connectivity index (χ3n) is 3.85. The molecule has 2 heterocycles. The molecule has 4 nitrogen and oxygen atoms in total. The van der Waals surface area contributed by atoms with Crippen molar-refractivity contribution in [1.82, 2.24) is 9.88 Å². The Hall–Kier alpha value is -1.07. The molecular formula is C14H19BN2O2. The van der Waals surface area contributed by atoms with Crippen molar-refractivity contribution in [3.63, 3.8) is 0 Å². The minimum absolute atomic E-state index is 0.301. The Morgan fingerprint density at radius 1 is 1.42 bits per heavy atom. The molecule has 1 aromatic heterocycles. The number of rotatable bonds is 4. The van der Waals surface area contributed by atoms with E-state index in [4.69, 9.17) is 17.3 Å². The summed E-state index contributed by atoms with van der Waals surface area (Å²) >= 11 is 0. The normalized spacial score (nSPS) is 21.2. The second-order valence-electron chi connectivity index (χ2n) is 6.06. The van der Waals surface area contributed by atoms with E-state index in [0.717, 1.165) is 44.0 Å². The summed E-state index contributed by atoms with van der Waals surface area (Å²) < 4.78 is 11.3. The van der Waals surface area contributed by atoms with Crippen LogP contribution in [0.4, 0.5) is 0 Å². The lowest BCUT2D eigenvalue weighted by atomic mass is 9.65. The van der Waals surface area contributed by atoms with E-state index in [2.05, 4.69) is 9.88 Å². The molecule has 2 aliphatic rings. The van der Waals surface area contributed by atoms with E-state index in [9.17, 15) is 0 Å². The fourth-order valence-corrected chi connectivity index (χ4v) is 2.82. The zero-order valence-corrected chi connectivity index (χ0v) is 11.6.